The third kappa shape index (κ3) is 52.8. The molecular weight excluding hydrogens is 1640 g/mol. The van der Waals surface area contributed by atoms with Crippen LogP contribution in [0.5, 0.6) is 0 Å². The van der Waals surface area contributed by atoms with E-state index < -0.39 is 166 Å². The molecule has 3 rings (SSSR count). The summed E-state index contributed by atoms with van der Waals surface area (Å²) >= 11 is 0. The molecule has 2 fully saturated rings. The maximum atomic E-state index is 14.5. The molecule has 0 spiro atoms. The van der Waals surface area contributed by atoms with Gasteiger partial charge in [-0.25, -0.2) is 4.79 Å². The lowest BCUT2D eigenvalue weighted by atomic mass is 9.92. The van der Waals surface area contributed by atoms with Gasteiger partial charge in [-0.05, 0) is 215 Å². The average molecular weight is 1790 g/mol. The van der Waals surface area contributed by atoms with Crippen molar-refractivity contribution in [2.75, 3.05) is 125 Å². The molecule has 37 heteroatoms. The summed E-state index contributed by atoms with van der Waals surface area (Å²) in [7, 11) is 0. The summed E-state index contributed by atoms with van der Waals surface area (Å²) < 4.78 is 51.4. The number of aliphatic carboxylic acids is 1. The molecule has 126 heavy (non-hydrogen) atoms. The van der Waals surface area contributed by atoms with Gasteiger partial charge in [-0.15, -0.1) is 0 Å². The first-order valence-corrected chi connectivity index (χ1v) is 44.2. The fraction of sp³-hybridized carbons (Fsp3) is 0.764. The highest BCUT2D eigenvalue weighted by atomic mass is 16.6. The topological polar surface area (TPSA) is 469 Å². The van der Waals surface area contributed by atoms with Crippen molar-refractivity contribution in [3.8, 4) is 0 Å². The van der Waals surface area contributed by atoms with Crippen LogP contribution in [0.3, 0.4) is 0 Å². The first-order chi connectivity index (χ1) is 58.5. The molecule has 8 amide bonds. The highest BCUT2D eigenvalue weighted by molar-refractivity contribution is 5.95. The quantitative estimate of drug-likeness (QED) is 0.0226. The molecule has 9 N–H and O–H groups in total. The first kappa shape index (κ1) is 111. The summed E-state index contributed by atoms with van der Waals surface area (Å²) in [5.74, 6) is -9.30. The van der Waals surface area contributed by atoms with Crippen LogP contribution in [0, 0.1) is 6.92 Å². The first-order valence-electron chi connectivity index (χ1n) is 44.2. The van der Waals surface area contributed by atoms with Gasteiger partial charge >= 0.3 is 47.9 Å². The van der Waals surface area contributed by atoms with E-state index >= 15 is 0 Å². The Morgan fingerprint density at radius 1 is 0.429 bits per heavy atom. The number of carbonyl (C=O) groups is 15. The fourth-order valence-electron chi connectivity index (χ4n) is 13.7. The third-order valence-electron chi connectivity index (χ3n) is 19.0. The second-order valence-electron chi connectivity index (χ2n) is 38.3. The molecule has 1 aromatic rings. The fourth-order valence-corrected chi connectivity index (χ4v) is 13.7. The van der Waals surface area contributed by atoms with E-state index in [1.165, 1.54) is 0 Å². The van der Waals surface area contributed by atoms with Crippen LogP contribution in [0.4, 0.5) is 4.79 Å². The summed E-state index contributed by atoms with van der Waals surface area (Å²) in [5, 5.41) is 30.7. The Morgan fingerprint density at radius 2 is 0.873 bits per heavy atom. The second kappa shape index (κ2) is 54.2. The number of aryl methyl sites for hydroxylation is 2. The number of carboxylic acid groups (broad SMARTS) is 1. The number of alkyl carbamates (subject to hydrolysis) is 1. The van der Waals surface area contributed by atoms with E-state index in [4.69, 9.17) is 42.6 Å². The van der Waals surface area contributed by atoms with Crippen LogP contribution < -0.4 is 42.5 Å². The minimum atomic E-state index is -1.57. The number of benzene rings is 1. The van der Waals surface area contributed by atoms with Crippen molar-refractivity contribution < 1.29 is 120 Å². The summed E-state index contributed by atoms with van der Waals surface area (Å²) in [6, 6.07) is 1.64. The predicted octanol–water partition coefficient (Wildman–Crippen LogP) is 5.32. The Labute approximate surface area is 744 Å². The zero-order chi connectivity index (χ0) is 94.8. The zero-order valence-corrected chi connectivity index (χ0v) is 78.7. The molecule has 0 radical (unpaired) electrons. The van der Waals surface area contributed by atoms with E-state index in [9.17, 15) is 77.0 Å². The number of hydrogen-bond acceptors (Lipinski definition) is 28. The molecule has 37 nitrogen and oxygen atoms in total. The van der Waals surface area contributed by atoms with Crippen molar-refractivity contribution >= 4 is 89.2 Å². The Bertz CT molecular complexity index is 3670. The van der Waals surface area contributed by atoms with Crippen LogP contribution in [0.1, 0.15) is 245 Å². The largest absolute Gasteiger partial charge is 0.481 e. The van der Waals surface area contributed by atoms with Crippen LogP contribution in [0.15, 0.2) is 24.3 Å². The lowest BCUT2D eigenvalue weighted by Crippen LogP contribution is -2.57. The number of unbranched alkanes of at least 4 members (excludes halogenated alkanes) is 2. The van der Waals surface area contributed by atoms with Gasteiger partial charge in [0, 0.05) is 111 Å². The van der Waals surface area contributed by atoms with Crippen molar-refractivity contribution in [2.24, 2.45) is 0 Å². The van der Waals surface area contributed by atoms with Gasteiger partial charge in [-0.1, -0.05) is 29.8 Å². The minimum Gasteiger partial charge on any atom is -0.481 e. The summed E-state index contributed by atoms with van der Waals surface area (Å²) in [5.41, 5.74) is -4.14. The number of hydrogen-bond donors (Lipinski definition) is 9. The molecule has 2 saturated heterocycles. The van der Waals surface area contributed by atoms with E-state index in [0.29, 0.717) is 58.3 Å². The number of carbonyl (C=O) groups excluding carboxylic acids is 14. The highest BCUT2D eigenvalue weighted by Crippen LogP contribution is 2.28. The lowest BCUT2D eigenvalue weighted by Gasteiger charge is -2.37. The monoisotopic (exact) mass is 1790 g/mol. The van der Waals surface area contributed by atoms with Crippen molar-refractivity contribution in [1.29, 1.82) is 0 Å². The van der Waals surface area contributed by atoms with E-state index in [1.807, 2.05) is 50.8 Å². The van der Waals surface area contributed by atoms with E-state index in [0.717, 1.165) is 11.1 Å². The summed E-state index contributed by atoms with van der Waals surface area (Å²) in [4.78, 5) is 210. The van der Waals surface area contributed by atoms with Gasteiger partial charge in [0.15, 0.2) is 0 Å². The average Bonchev–Trinajstić information content (AvgIpc) is 1.57. The van der Waals surface area contributed by atoms with Crippen LogP contribution in [0.2, 0.25) is 0 Å². The molecule has 2 bridgehead atoms. The number of carboxylic acids is 1. The molecule has 0 saturated carbocycles. The number of esters is 6. The van der Waals surface area contributed by atoms with Crippen molar-refractivity contribution in [2.45, 2.75) is 317 Å². The molecule has 2 aliphatic rings. The van der Waals surface area contributed by atoms with Crippen molar-refractivity contribution in [3.05, 3.63) is 35.4 Å². The van der Waals surface area contributed by atoms with E-state index in [1.54, 1.807) is 132 Å². The second-order valence-corrected chi connectivity index (χ2v) is 38.3. The van der Waals surface area contributed by atoms with Gasteiger partial charge in [0.25, 0.3) is 0 Å². The molecule has 716 valence electrons. The summed E-state index contributed by atoms with van der Waals surface area (Å²) in [6.45, 7) is 35.7. The molecule has 2 heterocycles. The van der Waals surface area contributed by atoms with Crippen molar-refractivity contribution in [3.63, 3.8) is 0 Å². The predicted molar refractivity (Wildman–Crippen MR) is 467 cm³/mol. The Hall–Kier alpha value is -9.17. The smallest absolute Gasteiger partial charge is 0.407 e. The number of ether oxygens (including phenoxy) is 9. The van der Waals surface area contributed by atoms with Gasteiger partial charge in [0.2, 0.25) is 41.4 Å². The number of rotatable bonds is 46. The van der Waals surface area contributed by atoms with Gasteiger partial charge in [0.1, 0.15) is 76.0 Å². The Balaban J connectivity index is 1.78. The number of fused-ring (bicyclic) bond motifs is 3. The molecule has 3 unspecified atom stereocenters. The molecular formula is C89H150N12O25. The van der Waals surface area contributed by atoms with Crippen LogP contribution in [0.25, 0.3) is 0 Å². The molecule has 1 aromatic carbocycles. The van der Waals surface area contributed by atoms with Crippen LogP contribution >= 0.6 is 0 Å². The van der Waals surface area contributed by atoms with Gasteiger partial charge < -0.3 is 90.3 Å². The SMILES string of the molecule is Cc1ccc(CCCC(=O)N[C@@H](CCCCNC(=O)CCC(C(=O)OC(C)(C)C)N2CCN(CC(=O)OC(C)(C)C)CCN3CCN(CC2)CC(=O)OC(C)(C)CC(C)(C)OC(=O)C3)C(=O)NCCOCCOCC(=O)N[C@H](CCCCNC(=O)OC(C)(C)C)C(=O)N[C@H](CCC(=O)OC(C)(C)C)C(=O)N[C@H](CCC(=O)OC(C)(C)C)C(=O)NCCC(=O)O)cc1. The normalized spacial score (nSPS) is 17.6. The van der Waals surface area contributed by atoms with Gasteiger partial charge in [-0.2, -0.15) is 0 Å². The maximum Gasteiger partial charge on any atom is 0.407 e. The highest BCUT2D eigenvalue weighted by Gasteiger charge is 2.39. The zero-order valence-electron chi connectivity index (χ0n) is 78.7. The maximum absolute atomic E-state index is 14.5. The molecule has 2 aliphatic heterocycles. The third-order valence-corrected chi connectivity index (χ3v) is 19.0. The molecule has 0 aromatic heterocycles. The van der Waals surface area contributed by atoms with E-state index in [2.05, 4.69) is 42.5 Å². The van der Waals surface area contributed by atoms with Gasteiger partial charge in [0.05, 0.1) is 45.9 Å². The lowest BCUT2D eigenvalue weighted by molar-refractivity contribution is -0.171. The van der Waals surface area contributed by atoms with Crippen LogP contribution in [-0.2, 0) is 116 Å². The Kier molecular flexibility index (Phi) is 47.8. The van der Waals surface area contributed by atoms with Crippen molar-refractivity contribution in [1.82, 2.24) is 62.1 Å². The number of amides is 8. The summed E-state index contributed by atoms with van der Waals surface area (Å²) in [6.07, 6.45) is 0.229. The standard InChI is InChI=1S/C89H150N12O25/c1-61-30-32-62(33-31-61)26-25-29-69(103)94-63(27-21-23-41-90-68(102)37-36-67(81(116)125-86(11,12)13)101-51-49-99(56-74(109)122-85(8,9)10)47-45-98-46-48-100(50-52-101)58-76(111)124-89(19,20)60-88(17,18)123-75(110)57-98)77(112)92-44-53-118-54-55-119-59-70(104)95-64(28-22-24-42-93-82(117)126-87(14,15)16)79(114)97-66(35-39-73(108)121-84(5,6)7)80(115)96-65(78(113)91-43-40-71(105)106)34-38-72(107)120-83(2,3)4/h30-33,63-67H,21-29,34-60H2,1-20H3,(H,90,102)(H,91,113)(H,92,112)(H,93,117)(H,94,103)(H,95,104)(H,96,115)(H,97,114)(H,105,106)/t63-,64+,65+,66+,67?/m0/s1. The van der Waals surface area contributed by atoms with Crippen LogP contribution in [-0.4, -0.2) is 308 Å². The van der Waals surface area contributed by atoms with Gasteiger partial charge in [-0.3, -0.25) is 86.7 Å². The van der Waals surface area contributed by atoms with E-state index in [-0.39, 0.29) is 168 Å². The number of nitrogens with zero attached hydrogens (tertiary/aromatic N) is 4. The number of nitrogens with one attached hydrogen (secondary N) is 8. The molecule has 7 atom stereocenters. The molecule has 0 aliphatic carbocycles. The number of cyclic esters (lactones) is 2. The minimum absolute atomic E-state index is 0.00294. The Morgan fingerprint density at radius 3 is 1.40 bits per heavy atom.